The number of likely N-dealkylation sites (tertiary alicyclic amines) is 2. The van der Waals surface area contributed by atoms with Crippen molar-refractivity contribution in [3.8, 4) is 0 Å². The first-order valence-electron chi connectivity index (χ1n) is 22.6. The molecule has 2 aliphatic heterocycles. The van der Waals surface area contributed by atoms with Crippen LogP contribution in [-0.4, -0.2) is 75.7 Å². The molecule has 5 saturated carbocycles. The minimum atomic E-state index is -0.890. The number of allylic oxidation sites excluding steroid dienone is 1. The first-order valence-corrected chi connectivity index (χ1v) is 22.6. The zero-order chi connectivity index (χ0) is 41.9. The maximum Gasteiger partial charge on any atom is 0.410 e. The van der Waals surface area contributed by atoms with E-state index in [-0.39, 0.29) is 70.2 Å². The van der Waals surface area contributed by atoms with Crippen LogP contribution in [0.5, 0.6) is 0 Å². The number of piperazine rings is 1. The quantitative estimate of drug-likeness (QED) is 0.192. The third-order valence-corrected chi connectivity index (χ3v) is 18.4. The summed E-state index contributed by atoms with van der Waals surface area (Å²) in [5.74, 6) is 1.57. The molecule has 1 N–H and O–H groups in total. The Balaban J connectivity index is 1.08. The number of amides is 2. The summed E-state index contributed by atoms with van der Waals surface area (Å²) < 4.78 is 12.0. The van der Waals surface area contributed by atoms with Gasteiger partial charge in [-0.15, -0.1) is 0 Å². The molecule has 7 rings (SSSR count). The number of carboxylic acids is 1. The van der Waals surface area contributed by atoms with Crippen LogP contribution in [-0.2, 0) is 23.9 Å². The maximum atomic E-state index is 14.5. The van der Waals surface area contributed by atoms with E-state index in [1.54, 1.807) is 0 Å². The molecule has 0 aromatic rings. The molecule has 7 fully saturated rings. The standard InChI is InChI=1S/C48H76N2O7/c1-29(2)32-15-20-48(24-37(51)49-27-31-23-30(49)28-50(31)41(55)57-42(3,4)5)22-21-46(11)33(40(32)48)13-14-35-45(10)18-17-36(44(8,9)34(45)16-19-47(35,46)12)56-39(54)26-43(6,7)25-38(52)53/h30-36,40H,1,13-28H2,2-12H3,(H,52,53)/t30?,31?,32-,33+,34-,35+,36-,40+,45-,46+,47+,48+/m0/s1. The highest BCUT2D eigenvalue weighted by Gasteiger charge is 2.71. The molecule has 2 bridgehead atoms. The summed E-state index contributed by atoms with van der Waals surface area (Å²) in [4.78, 5) is 56.2. The molecule has 0 spiro atoms. The fourth-order valence-electron chi connectivity index (χ4n) is 15.8. The van der Waals surface area contributed by atoms with Gasteiger partial charge in [-0.05, 0) is 155 Å². The van der Waals surface area contributed by atoms with Crippen LogP contribution in [0.1, 0.15) is 166 Å². The molecule has 0 aromatic carbocycles. The summed E-state index contributed by atoms with van der Waals surface area (Å²) in [6.07, 6.45) is 12.1. The molecular formula is C48H76N2O7. The van der Waals surface area contributed by atoms with E-state index in [2.05, 4.69) is 53.0 Å². The number of carbonyl (C=O) groups excluding carboxylic acids is 3. The lowest BCUT2D eigenvalue weighted by Crippen LogP contribution is -2.67. The van der Waals surface area contributed by atoms with Crippen LogP contribution < -0.4 is 0 Å². The van der Waals surface area contributed by atoms with E-state index in [4.69, 9.17) is 9.47 Å². The Morgan fingerprint density at radius 1 is 0.772 bits per heavy atom. The SMILES string of the molecule is C=C(C)[C@@H]1CC[C@]2(CC(=O)N3CC4CC3CN4C(=O)OC(C)(C)C)CC[C@]3(C)[C@H](CC[C@@H]4[C@@]5(C)CC[C@H](OC(=O)CC(C)(C)CC(=O)O)C(C)(C)[C@@H]5CC[C@]43C)[C@@H]12. The van der Waals surface area contributed by atoms with Crippen LogP contribution in [0, 0.1) is 62.1 Å². The van der Waals surface area contributed by atoms with Crippen LogP contribution >= 0.6 is 0 Å². The number of esters is 1. The molecule has 9 heteroatoms. The molecule has 12 atom stereocenters. The molecule has 2 saturated heterocycles. The van der Waals surface area contributed by atoms with Gasteiger partial charge in [0.05, 0.1) is 24.9 Å². The van der Waals surface area contributed by atoms with Gasteiger partial charge >= 0.3 is 18.0 Å². The summed E-state index contributed by atoms with van der Waals surface area (Å²) >= 11 is 0. The van der Waals surface area contributed by atoms with Crippen LogP contribution in [0.4, 0.5) is 4.79 Å². The summed E-state index contributed by atoms with van der Waals surface area (Å²) in [6.45, 7) is 29.9. The Morgan fingerprint density at radius 3 is 2.05 bits per heavy atom. The maximum absolute atomic E-state index is 14.5. The van der Waals surface area contributed by atoms with E-state index in [0.717, 1.165) is 51.4 Å². The number of carbonyl (C=O) groups is 4. The van der Waals surface area contributed by atoms with Gasteiger partial charge < -0.3 is 24.4 Å². The summed E-state index contributed by atoms with van der Waals surface area (Å²) in [5, 5.41) is 9.38. The number of nitrogens with zero attached hydrogens (tertiary/aromatic N) is 2. The Hall–Kier alpha value is -2.58. The fourth-order valence-corrected chi connectivity index (χ4v) is 15.8. The number of fused-ring (bicyclic) bond motifs is 9. The van der Waals surface area contributed by atoms with Gasteiger partial charge in [-0.25, -0.2) is 4.79 Å². The highest BCUT2D eigenvalue weighted by molar-refractivity contribution is 5.79. The Labute approximate surface area is 343 Å². The van der Waals surface area contributed by atoms with Gasteiger partial charge in [0, 0.05) is 24.9 Å². The number of hydrogen-bond acceptors (Lipinski definition) is 6. The molecule has 2 unspecified atom stereocenters. The smallest absolute Gasteiger partial charge is 0.410 e. The lowest BCUT2D eigenvalue weighted by molar-refractivity contribution is -0.250. The Kier molecular flexibility index (Phi) is 10.4. The van der Waals surface area contributed by atoms with E-state index < -0.39 is 17.0 Å². The number of aliphatic carboxylic acids is 1. The number of ether oxygens (including phenoxy) is 2. The number of carboxylic acid groups (broad SMARTS) is 1. The van der Waals surface area contributed by atoms with Crippen LogP contribution in [0.3, 0.4) is 0 Å². The first-order chi connectivity index (χ1) is 26.3. The third-order valence-electron chi connectivity index (χ3n) is 18.4. The summed E-state index contributed by atoms with van der Waals surface area (Å²) in [6, 6.07) is 0.118. The largest absolute Gasteiger partial charge is 0.481 e. The van der Waals surface area contributed by atoms with Crippen molar-refractivity contribution in [1.82, 2.24) is 9.80 Å². The van der Waals surface area contributed by atoms with Gasteiger partial charge in [0.15, 0.2) is 0 Å². The third kappa shape index (κ3) is 6.96. The van der Waals surface area contributed by atoms with Crippen LogP contribution in [0.15, 0.2) is 12.2 Å². The fraction of sp³-hybridized carbons (Fsp3) is 0.875. The molecule has 320 valence electrons. The molecule has 7 aliphatic rings. The van der Waals surface area contributed by atoms with E-state index in [9.17, 15) is 24.3 Å². The summed E-state index contributed by atoms with van der Waals surface area (Å²) in [7, 11) is 0. The van der Waals surface area contributed by atoms with Crippen molar-refractivity contribution in [2.45, 2.75) is 190 Å². The van der Waals surface area contributed by atoms with Crippen molar-refractivity contribution in [3.05, 3.63) is 12.2 Å². The molecule has 2 amide bonds. The zero-order valence-electron chi connectivity index (χ0n) is 37.4. The molecule has 0 radical (unpaired) electrons. The normalized spacial score (nSPS) is 42.0. The predicted octanol–water partition coefficient (Wildman–Crippen LogP) is 10.1. The van der Waals surface area contributed by atoms with Crippen molar-refractivity contribution >= 4 is 23.9 Å². The minimum absolute atomic E-state index is 0.00910. The van der Waals surface area contributed by atoms with Gasteiger partial charge in [0.1, 0.15) is 11.7 Å². The van der Waals surface area contributed by atoms with E-state index >= 15 is 0 Å². The molecule has 5 aliphatic carbocycles. The predicted molar refractivity (Wildman–Crippen MR) is 221 cm³/mol. The minimum Gasteiger partial charge on any atom is -0.481 e. The van der Waals surface area contributed by atoms with Gasteiger partial charge in [-0.1, -0.05) is 60.6 Å². The Bertz CT molecular complexity index is 1660. The van der Waals surface area contributed by atoms with Gasteiger partial charge in [0.2, 0.25) is 5.91 Å². The van der Waals surface area contributed by atoms with E-state index in [0.29, 0.717) is 55.0 Å². The van der Waals surface area contributed by atoms with Crippen molar-refractivity contribution < 1.29 is 33.8 Å². The van der Waals surface area contributed by atoms with Crippen molar-refractivity contribution in [2.75, 3.05) is 13.1 Å². The Morgan fingerprint density at radius 2 is 1.44 bits per heavy atom. The zero-order valence-corrected chi connectivity index (χ0v) is 37.4. The van der Waals surface area contributed by atoms with Gasteiger partial charge in [-0.3, -0.25) is 14.4 Å². The number of rotatable bonds is 8. The highest BCUT2D eigenvalue weighted by Crippen LogP contribution is 2.78. The average Bonchev–Trinajstić information content (AvgIpc) is 3.78. The second kappa shape index (κ2) is 14.0. The van der Waals surface area contributed by atoms with E-state index in [1.165, 1.54) is 24.8 Å². The van der Waals surface area contributed by atoms with Crippen LogP contribution in [0.25, 0.3) is 0 Å². The molecule has 0 aromatic heterocycles. The van der Waals surface area contributed by atoms with E-state index in [1.807, 2.05) is 39.5 Å². The summed E-state index contributed by atoms with van der Waals surface area (Å²) in [5.41, 5.74) is 0.360. The van der Waals surface area contributed by atoms with Crippen molar-refractivity contribution in [1.29, 1.82) is 0 Å². The molecule has 2 heterocycles. The number of hydrogen-bond donors (Lipinski definition) is 1. The topological polar surface area (TPSA) is 113 Å². The first kappa shape index (κ1) is 42.5. The van der Waals surface area contributed by atoms with Crippen molar-refractivity contribution in [2.24, 2.45) is 62.1 Å². The lowest BCUT2D eigenvalue weighted by atomic mass is 9.32. The second-order valence-corrected chi connectivity index (χ2v) is 23.7. The molecule has 9 nitrogen and oxygen atoms in total. The highest BCUT2D eigenvalue weighted by atomic mass is 16.6. The average molecular weight is 793 g/mol. The lowest BCUT2D eigenvalue weighted by Gasteiger charge is -2.73. The second-order valence-electron chi connectivity index (χ2n) is 23.7. The molecule has 57 heavy (non-hydrogen) atoms. The monoisotopic (exact) mass is 793 g/mol. The van der Waals surface area contributed by atoms with Gasteiger partial charge in [-0.2, -0.15) is 0 Å². The molecular weight excluding hydrogens is 717 g/mol. The van der Waals surface area contributed by atoms with Crippen LogP contribution in [0.2, 0.25) is 0 Å². The van der Waals surface area contributed by atoms with Gasteiger partial charge in [0.25, 0.3) is 0 Å². The van der Waals surface area contributed by atoms with Crippen molar-refractivity contribution in [3.63, 3.8) is 0 Å².